The molecule has 1 aromatic carbocycles. The first-order chi connectivity index (χ1) is 6.33. The van der Waals surface area contributed by atoms with Crippen molar-refractivity contribution >= 4 is 0 Å². The van der Waals surface area contributed by atoms with E-state index in [0.29, 0.717) is 11.7 Å². The number of benzene rings is 1. The first-order valence-corrected chi connectivity index (χ1v) is 4.77. The largest absolute Gasteiger partial charge is 0.508 e. The van der Waals surface area contributed by atoms with Crippen LogP contribution in [0.3, 0.4) is 0 Å². The lowest BCUT2D eigenvalue weighted by Gasteiger charge is -2.25. The summed E-state index contributed by atoms with van der Waals surface area (Å²) in [5.41, 5.74) is 0.997. The summed E-state index contributed by atoms with van der Waals surface area (Å²) in [6.45, 7) is 2.92. The van der Waals surface area contributed by atoms with Gasteiger partial charge in [-0.3, -0.25) is 0 Å². The molecule has 1 atom stereocenters. The second-order valence-corrected chi connectivity index (χ2v) is 3.43. The number of rotatable bonds is 1. The molecule has 2 nitrogen and oxygen atoms in total. The minimum atomic E-state index is 0.379. The van der Waals surface area contributed by atoms with Crippen LogP contribution in [-0.2, 0) is 0 Å². The van der Waals surface area contributed by atoms with Crippen molar-refractivity contribution in [2.45, 2.75) is 25.7 Å². The maximum Gasteiger partial charge on any atom is 0.126 e. The topological polar surface area (TPSA) is 29.5 Å². The van der Waals surface area contributed by atoms with Crippen LogP contribution in [0.25, 0.3) is 0 Å². The molecular formula is C11H14O2. The van der Waals surface area contributed by atoms with Gasteiger partial charge in [0.25, 0.3) is 0 Å². The number of fused-ring (bicyclic) bond motifs is 1. The highest BCUT2D eigenvalue weighted by molar-refractivity contribution is 5.47. The van der Waals surface area contributed by atoms with Gasteiger partial charge in [-0.25, -0.2) is 0 Å². The van der Waals surface area contributed by atoms with Gasteiger partial charge in [0.05, 0.1) is 6.61 Å². The minimum absolute atomic E-state index is 0.379. The molecule has 0 saturated heterocycles. The monoisotopic (exact) mass is 178 g/mol. The number of aromatic hydroxyl groups is 1. The summed E-state index contributed by atoms with van der Waals surface area (Å²) in [6, 6.07) is 5.49. The van der Waals surface area contributed by atoms with E-state index in [1.165, 1.54) is 0 Å². The minimum Gasteiger partial charge on any atom is -0.508 e. The van der Waals surface area contributed by atoms with Gasteiger partial charge in [-0.1, -0.05) is 13.0 Å². The van der Waals surface area contributed by atoms with Crippen molar-refractivity contribution in [1.29, 1.82) is 0 Å². The lowest BCUT2D eigenvalue weighted by Crippen LogP contribution is -2.13. The molecule has 13 heavy (non-hydrogen) atoms. The molecule has 1 N–H and O–H groups in total. The summed E-state index contributed by atoms with van der Waals surface area (Å²) in [5, 5.41) is 9.68. The fraction of sp³-hybridized carbons (Fsp3) is 0.455. The van der Waals surface area contributed by atoms with Crippen molar-refractivity contribution in [3.05, 3.63) is 23.8 Å². The van der Waals surface area contributed by atoms with Gasteiger partial charge < -0.3 is 9.84 Å². The zero-order valence-electron chi connectivity index (χ0n) is 7.79. The molecule has 0 aliphatic carbocycles. The smallest absolute Gasteiger partial charge is 0.126 e. The van der Waals surface area contributed by atoms with E-state index in [4.69, 9.17) is 4.74 Å². The summed E-state index contributed by atoms with van der Waals surface area (Å²) < 4.78 is 5.48. The zero-order valence-corrected chi connectivity index (χ0v) is 7.79. The molecule has 1 unspecified atom stereocenters. The quantitative estimate of drug-likeness (QED) is 0.716. The third-order valence-electron chi connectivity index (χ3n) is 2.67. The number of phenols is 1. The third kappa shape index (κ3) is 1.37. The Kier molecular flexibility index (Phi) is 2.13. The van der Waals surface area contributed by atoms with Crippen molar-refractivity contribution in [2.75, 3.05) is 6.61 Å². The molecule has 0 bridgehead atoms. The molecule has 0 aromatic heterocycles. The third-order valence-corrected chi connectivity index (χ3v) is 2.67. The zero-order chi connectivity index (χ0) is 9.26. The highest BCUT2D eigenvalue weighted by Gasteiger charge is 2.22. The molecule has 2 heteroatoms. The van der Waals surface area contributed by atoms with E-state index in [1.807, 2.05) is 12.1 Å². The second-order valence-electron chi connectivity index (χ2n) is 3.43. The number of hydrogen-bond acceptors (Lipinski definition) is 2. The van der Waals surface area contributed by atoms with Crippen molar-refractivity contribution in [2.24, 2.45) is 0 Å². The molecule has 1 heterocycles. The van der Waals surface area contributed by atoms with Crippen LogP contribution in [-0.4, -0.2) is 11.7 Å². The van der Waals surface area contributed by atoms with Gasteiger partial charge in [0, 0.05) is 5.56 Å². The Labute approximate surface area is 78.2 Å². The van der Waals surface area contributed by atoms with Crippen molar-refractivity contribution in [3.63, 3.8) is 0 Å². The van der Waals surface area contributed by atoms with E-state index in [9.17, 15) is 5.11 Å². The maximum atomic E-state index is 9.68. The van der Waals surface area contributed by atoms with E-state index in [0.717, 1.165) is 30.8 Å². The van der Waals surface area contributed by atoms with Crippen LogP contribution in [0.15, 0.2) is 18.2 Å². The standard InChI is InChI=1S/C11H14O2/c1-2-8-6-7-13-10-5-3-4-9(12)11(8)10/h3-5,8,12H,2,6-7H2,1H3. The van der Waals surface area contributed by atoms with Gasteiger partial charge >= 0.3 is 0 Å². The van der Waals surface area contributed by atoms with Crippen molar-refractivity contribution < 1.29 is 9.84 Å². The molecule has 70 valence electrons. The second kappa shape index (κ2) is 3.29. The van der Waals surface area contributed by atoms with E-state index in [-0.39, 0.29) is 0 Å². The molecule has 1 aromatic rings. The Morgan fingerprint density at radius 1 is 1.54 bits per heavy atom. The Balaban J connectivity index is 2.47. The van der Waals surface area contributed by atoms with Gasteiger partial charge in [0.1, 0.15) is 11.5 Å². The van der Waals surface area contributed by atoms with Gasteiger partial charge in [-0.15, -0.1) is 0 Å². The van der Waals surface area contributed by atoms with Crippen molar-refractivity contribution in [3.8, 4) is 11.5 Å². The Morgan fingerprint density at radius 3 is 3.15 bits per heavy atom. The Morgan fingerprint density at radius 2 is 2.38 bits per heavy atom. The molecule has 0 fully saturated rings. The van der Waals surface area contributed by atoms with Crippen LogP contribution in [0.2, 0.25) is 0 Å². The van der Waals surface area contributed by atoms with Crippen molar-refractivity contribution in [1.82, 2.24) is 0 Å². The molecule has 2 rings (SSSR count). The molecule has 0 saturated carbocycles. The lowest BCUT2D eigenvalue weighted by atomic mass is 9.90. The van der Waals surface area contributed by atoms with Crippen LogP contribution in [0.5, 0.6) is 11.5 Å². The predicted molar refractivity (Wildman–Crippen MR) is 51.3 cm³/mol. The van der Waals surface area contributed by atoms with Gasteiger partial charge in [0.2, 0.25) is 0 Å². The number of phenolic OH excluding ortho intramolecular Hbond substituents is 1. The highest BCUT2D eigenvalue weighted by Crippen LogP contribution is 2.40. The van der Waals surface area contributed by atoms with Gasteiger partial charge in [-0.2, -0.15) is 0 Å². The van der Waals surface area contributed by atoms with Gasteiger partial charge in [-0.05, 0) is 30.9 Å². The Bertz CT molecular complexity index is 307. The molecule has 1 aliphatic rings. The highest BCUT2D eigenvalue weighted by atomic mass is 16.5. The normalized spacial score (nSPS) is 20.5. The summed E-state index contributed by atoms with van der Waals surface area (Å²) in [6.07, 6.45) is 2.08. The summed E-state index contributed by atoms with van der Waals surface area (Å²) in [5.74, 6) is 1.70. The fourth-order valence-electron chi connectivity index (χ4n) is 1.93. The SMILES string of the molecule is CCC1CCOc2cccc(O)c21. The van der Waals surface area contributed by atoms with Crippen LogP contribution in [0, 0.1) is 0 Å². The average molecular weight is 178 g/mol. The van der Waals surface area contributed by atoms with E-state index < -0.39 is 0 Å². The lowest BCUT2D eigenvalue weighted by molar-refractivity contribution is 0.260. The molecular weight excluding hydrogens is 164 g/mol. The maximum absolute atomic E-state index is 9.68. The predicted octanol–water partition coefficient (Wildman–Crippen LogP) is 2.67. The van der Waals surface area contributed by atoms with Crippen LogP contribution < -0.4 is 4.74 Å². The molecule has 1 aliphatic heterocycles. The van der Waals surface area contributed by atoms with Crippen LogP contribution >= 0.6 is 0 Å². The fourth-order valence-corrected chi connectivity index (χ4v) is 1.93. The van der Waals surface area contributed by atoms with E-state index in [2.05, 4.69) is 6.92 Å². The Hall–Kier alpha value is -1.18. The first-order valence-electron chi connectivity index (χ1n) is 4.77. The number of ether oxygens (including phenoxy) is 1. The van der Waals surface area contributed by atoms with Gasteiger partial charge in [0.15, 0.2) is 0 Å². The summed E-state index contributed by atoms with van der Waals surface area (Å²) in [7, 11) is 0. The van der Waals surface area contributed by atoms with Crippen LogP contribution in [0.4, 0.5) is 0 Å². The molecule has 0 spiro atoms. The molecule has 0 amide bonds. The van der Waals surface area contributed by atoms with E-state index >= 15 is 0 Å². The summed E-state index contributed by atoms with van der Waals surface area (Å²) in [4.78, 5) is 0. The number of hydrogen-bond donors (Lipinski definition) is 1. The van der Waals surface area contributed by atoms with Crippen LogP contribution in [0.1, 0.15) is 31.2 Å². The molecule has 0 radical (unpaired) electrons. The summed E-state index contributed by atoms with van der Waals surface area (Å²) >= 11 is 0. The van der Waals surface area contributed by atoms with E-state index in [1.54, 1.807) is 6.07 Å². The first kappa shape index (κ1) is 8.42. The average Bonchev–Trinajstić information content (AvgIpc) is 2.17.